The summed E-state index contributed by atoms with van der Waals surface area (Å²) in [7, 11) is 2.12. The number of fused-ring (bicyclic) bond motifs is 3. The van der Waals surface area contributed by atoms with Crippen molar-refractivity contribution in [3.8, 4) is 0 Å². The number of hydrogen-bond donors (Lipinski definition) is 0. The van der Waals surface area contributed by atoms with Gasteiger partial charge in [0.25, 0.3) is 5.56 Å². The molecule has 0 spiro atoms. The first-order valence-corrected chi connectivity index (χ1v) is 10.3. The summed E-state index contributed by atoms with van der Waals surface area (Å²) in [5.41, 5.74) is 2.98. The lowest BCUT2D eigenvalue weighted by atomic mass is 10.0. The van der Waals surface area contributed by atoms with Crippen LogP contribution in [0.3, 0.4) is 0 Å². The first-order valence-electron chi connectivity index (χ1n) is 9.14. The van der Waals surface area contributed by atoms with Crippen LogP contribution in [0.1, 0.15) is 26.3 Å². The van der Waals surface area contributed by atoms with Gasteiger partial charge >= 0.3 is 0 Å². The molecule has 2 aromatic heterocycles. The van der Waals surface area contributed by atoms with Crippen LogP contribution in [-0.4, -0.2) is 33.0 Å². The van der Waals surface area contributed by atoms with E-state index >= 15 is 0 Å². The Morgan fingerprint density at radius 2 is 2.00 bits per heavy atom. The third kappa shape index (κ3) is 4.64. The fourth-order valence-electron chi connectivity index (χ4n) is 2.98. The summed E-state index contributed by atoms with van der Waals surface area (Å²) in [4.78, 5) is 17.2. The van der Waals surface area contributed by atoms with Gasteiger partial charge in [-0.15, -0.1) is 0 Å². The Bertz CT molecular complexity index is 992. The van der Waals surface area contributed by atoms with Crippen molar-refractivity contribution < 1.29 is 9.16 Å². The van der Waals surface area contributed by atoms with Crippen LogP contribution in [0.25, 0.3) is 21.8 Å². The van der Waals surface area contributed by atoms with Crippen molar-refractivity contribution in [1.29, 1.82) is 0 Å². The van der Waals surface area contributed by atoms with E-state index in [-0.39, 0.29) is 12.3 Å². The molecule has 0 unspecified atom stereocenters. The Balaban J connectivity index is 1.89. The molecular weight excluding hydrogens is 356 g/mol. The van der Waals surface area contributed by atoms with E-state index in [0.717, 1.165) is 28.9 Å². The third-order valence-electron chi connectivity index (χ3n) is 4.35. The van der Waals surface area contributed by atoms with Gasteiger partial charge < -0.3 is 9.16 Å². The summed E-state index contributed by atoms with van der Waals surface area (Å²) >= 11 is 0. The van der Waals surface area contributed by atoms with Crippen molar-refractivity contribution in [2.45, 2.75) is 40.0 Å². The van der Waals surface area contributed by atoms with Crippen LogP contribution in [0.4, 0.5) is 0 Å². The van der Waals surface area contributed by atoms with Gasteiger partial charge in [-0.2, -0.15) is 0 Å². The molecule has 3 rings (SSSR count). The Kier molecular flexibility index (Phi) is 6.09. The molecule has 27 heavy (non-hydrogen) atoms. The van der Waals surface area contributed by atoms with Gasteiger partial charge in [0, 0.05) is 25.3 Å². The normalized spacial score (nSPS) is 12.1. The van der Waals surface area contributed by atoms with Crippen molar-refractivity contribution in [3.05, 3.63) is 52.4 Å². The van der Waals surface area contributed by atoms with Crippen molar-refractivity contribution in [2.75, 3.05) is 13.7 Å². The molecule has 5 nitrogen and oxygen atoms in total. The topological polar surface area (TPSA) is 53.4 Å². The second kappa shape index (κ2) is 8.33. The number of methoxy groups -OCH3 is 1. The molecule has 1 aromatic carbocycles. The minimum atomic E-state index is -0.0769. The van der Waals surface area contributed by atoms with Gasteiger partial charge in [0.15, 0.2) is 0 Å². The zero-order valence-electron chi connectivity index (χ0n) is 16.4. The van der Waals surface area contributed by atoms with Gasteiger partial charge in [-0.1, -0.05) is 26.8 Å². The zero-order valence-corrected chi connectivity index (χ0v) is 17.4. The third-order valence-corrected chi connectivity index (χ3v) is 5.96. The van der Waals surface area contributed by atoms with E-state index in [0.29, 0.717) is 27.2 Å². The van der Waals surface area contributed by atoms with Gasteiger partial charge in [-0.05, 0) is 47.7 Å². The van der Waals surface area contributed by atoms with Crippen molar-refractivity contribution in [3.63, 3.8) is 0 Å². The van der Waals surface area contributed by atoms with Crippen molar-refractivity contribution in [2.24, 2.45) is 5.41 Å². The second-order valence-electron chi connectivity index (χ2n) is 7.88. The number of pyridine rings is 2. The molecule has 0 bridgehead atoms. The lowest BCUT2D eigenvalue weighted by Gasteiger charge is -2.16. The minimum Gasteiger partial charge on any atom is -0.417 e. The molecule has 0 fully saturated rings. The first kappa shape index (κ1) is 19.7. The Labute approximate surface area is 162 Å². The average molecular weight is 383 g/mol. The maximum atomic E-state index is 12.8. The monoisotopic (exact) mass is 382 g/mol. The predicted molar refractivity (Wildman–Crippen MR) is 110 cm³/mol. The molecule has 2 heterocycles. The summed E-state index contributed by atoms with van der Waals surface area (Å²) in [6, 6.07) is 10.8. The zero-order chi connectivity index (χ0) is 19.4. The molecular formula is C21H26N2O3Si. The van der Waals surface area contributed by atoms with Gasteiger partial charge in [0.1, 0.15) is 6.73 Å². The number of hydrogen-bond acceptors (Lipinski definition) is 4. The van der Waals surface area contributed by atoms with E-state index in [4.69, 9.17) is 9.16 Å². The minimum absolute atomic E-state index is 0.0769. The molecule has 2 radical (unpaired) electrons. The van der Waals surface area contributed by atoms with Gasteiger partial charge in [0.2, 0.25) is 9.76 Å². The summed E-state index contributed by atoms with van der Waals surface area (Å²) < 4.78 is 12.7. The second-order valence-corrected chi connectivity index (χ2v) is 8.81. The first-order chi connectivity index (χ1) is 12.9. The Hall–Kier alpha value is -2.02. The number of ether oxygens (including phenoxy) is 1. The molecule has 142 valence electrons. The van der Waals surface area contributed by atoms with E-state index in [9.17, 15) is 4.79 Å². The lowest BCUT2D eigenvalue weighted by Crippen LogP contribution is -2.22. The standard InChI is InChI=1S/C21H26N2O3Si/c1-21(2,3)13-27-26-11-9-15-7-8-18-17(12-15)19-16(6-5-10-22-19)20(24)23(18)14-25-4/h5-8,10,12H,9,11,13-14H2,1-4H3. The molecule has 0 saturated carbocycles. The Morgan fingerprint density at radius 1 is 1.19 bits per heavy atom. The summed E-state index contributed by atoms with van der Waals surface area (Å²) in [5.74, 6) is 0. The van der Waals surface area contributed by atoms with Gasteiger partial charge in [-0.3, -0.25) is 14.3 Å². The van der Waals surface area contributed by atoms with E-state index < -0.39 is 0 Å². The Morgan fingerprint density at radius 3 is 2.74 bits per heavy atom. The average Bonchev–Trinajstić information content (AvgIpc) is 2.64. The van der Waals surface area contributed by atoms with Gasteiger partial charge in [-0.25, -0.2) is 0 Å². The SMILES string of the molecule is COCn1c(=O)c2cccnc2c2cc(CCO[Si]CC(C)(C)C)ccc21. The fourth-order valence-corrected chi connectivity index (χ4v) is 3.76. The molecule has 6 heteroatoms. The van der Waals surface area contributed by atoms with E-state index in [1.54, 1.807) is 23.9 Å². The van der Waals surface area contributed by atoms with E-state index in [1.165, 1.54) is 5.56 Å². The summed E-state index contributed by atoms with van der Waals surface area (Å²) in [6.07, 6.45) is 2.57. The fraction of sp³-hybridized carbons (Fsp3) is 0.429. The quantitative estimate of drug-likeness (QED) is 0.354. The molecule has 0 aliphatic heterocycles. The van der Waals surface area contributed by atoms with Crippen molar-refractivity contribution in [1.82, 2.24) is 9.55 Å². The highest BCUT2D eigenvalue weighted by atomic mass is 28.2. The van der Waals surface area contributed by atoms with Crippen molar-refractivity contribution >= 4 is 31.6 Å². The maximum absolute atomic E-state index is 12.8. The molecule has 0 saturated heterocycles. The van der Waals surface area contributed by atoms with E-state index in [1.807, 2.05) is 12.1 Å². The van der Waals surface area contributed by atoms with Gasteiger partial charge in [0.05, 0.1) is 16.4 Å². The molecule has 3 aromatic rings. The highest BCUT2D eigenvalue weighted by Gasteiger charge is 2.13. The van der Waals surface area contributed by atoms with Crippen LogP contribution in [0.5, 0.6) is 0 Å². The molecule has 0 N–H and O–H groups in total. The predicted octanol–water partition coefficient (Wildman–Crippen LogP) is 3.80. The molecule has 0 atom stereocenters. The number of rotatable bonds is 7. The van der Waals surface area contributed by atoms with Crippen LogP contribution < -0.4 is 5.56 Å². The van der Waals surface area contributed by atoms with Crippen LogP contribution in [-0.2, 0) is 22.3 Å². The summed E-state index contributed by atoms with van der Waals surface area (Å²) in [6.45, 7) is 7.60. The van der Waals surface area contributed by atoms with Crippen LogP contribution in [0.15, 0.2) is 41.3 Å². The number of benzene rings is 1. The van der Waals surface area contributed by atoms with Crippen LogP contribution in [0, 0.1) is 5.41 Å². The largest absolute Gasteiger partial charge is 0.417 e. The highest BCUT2D eigenvalue weighted by Crippen LogP contribution is 2.23. The van der Waals surface area contributed by atoms with Crippen LogP contribution in [0.2, 0.25) is 6.04 Å². The highest BCUT2D eigenvalue weighted by molar-refractivity contribution is 6.27. The maximum Gasteiger partial charge on any atom is 0.262 e. The van der Waals surface area contributed by atoms with Crippen LogP contribution >= 0.6 is 0 Å². The van der Waals surface area contributed by atoms with E-state index in [2.05, 4.69) is 37.9 Å². The lowest BCUT2D eigenvalue weighted by molar-refractivity contribution is 0.132. The summed E-state index contributed by atoms with van der Waals surface area (Å²) in [5, 5.41) is 1.58. The number of nitrogens with zero attached hydrogens (tertiary/aromatic N) is 2. The smallest absolute Gasteiger partial charge is 0.262 e. The number of aromatic nitrogens is 2. The molecule has 0 amide bonds. The molecule has 0 aliphatic rings. The molecule has 0 aliphatic carbocycles.